The number of hydrogen-bond acceptors (Lipinski definition) is 1. The molecule has 0 unspecified atom stereocenters. The predicted molar refractivity (Wildman–Crippen MR) is 73.5 cm³/mol. The summed E-state index contributed by atoms with van der Waals surface area (Å²) in [6, 6.07) is 4.28. The summed E-state index contributed by atoms with van der Waals surface area (Å²) in [6.07, 6.45) is 8.78. The van der Waals surface area contributed by atoms with E-state index in [1.54, 1.807) is 0 Å². The molecule has 0 aromatic carbocycles. The van der Waals surface area contributed by atoms with Gasteiger partial charge >= 0.3 is 0 Å². The Kier molecular flexibility index (Phi) is 2.95. The maximum atomic E-state index is 4.81. The van der Waals surface area contributed by atoms with Crippen molar-refractivity contribution in [3.8, 4) is 0 Å². The van der Waals surface area contributed by atoms with Crippen molar-refractivity contribution in [1.29, 1.82) is 0 Å². The van der Waals surface area contributed by atoms with Gasteiger partial charge in [-0.05, 0) is 53.4 Å². The first-order valence-corrected chi connectivity index (χ1v) is 7.19. The van der Waals surface area contributed by atoms with Gasteiger partial charge in [0, 0.05) is 12.1 Å². The summed E-state index contributed by atoms with van der Waals surface area (Å²) in [5.74, 6) is 0.651. The third-order valence-corrected chi connectivity index (χ3v) is 4.53. The predicted octanol–water partition coefficient (Wildman–Crippen LogP) is 4.45. The fraction of sp³-hybridized carbons (Fsp3) is 0.500. The molecule has 0 N–H and O–H groups in total. The minimum absolute atomic E-state index is 0.651. The van der Waals surface area contributed by atoms with Gasteiger partial charge in [0.1, 0.15) is 10.3 Å². The number of nitrogens with zero attached hydrogens (tertiary/aromatic N) is 2. The van der Waals surface area contributed by atoms with Crippen molar-refractivity contribution in [3.05, 3.63) is 34.2 Å². The normalized spacial score (nSPS) is 17.8. The van der Waals surface area contributed by atoms with Crippen LogP contribution in [-0.4, -0.2) is 9.38 Å². The SMILES string of the molecule is Cc1ccn2c(Br)c(C3CCCCC3)nc2c1. The molecule has 0 atom stereocenters. The number of aryl methyl sites for hydroxylation is 1. The van der Waals surface area contributed by atoms with E-state index in [9.17, 15) is 0 Å². The lowest BCUT2D eigenvalue weighted by Gasteiger charge is -2.19. The summed E-state index contributed by atoms with van der Waals surface area (Å²) >= 11 is 3.71. The molecule has 0 radical (unpaired) electrons. The molecule has 90 valence electrons. The molecule has 0 aliphatic heterocycles. The zero-order valence-electron chi connectivity index (χ0n) is 10.1. The fourth-order valence-electron chi connectivity index (χ4n) is 2.77. The smallest absolute Gasteiger partial charge is 0.138 e. The molecule has 2 heterocycles. The number of rotatable bonds is 1. The number of pyridine rings is 1. The first kappa shape index (κ1) is 11.3. The molecule has 1 aliphatic rings. The zero-order valence-corrected chi connectivity index (χ0v) is 11.7. The van der Waals surface area contributed by atoms with Crippen LogP contribution in [0.2, 0.25) is 0 Å². The summed E-state index contributed by atoms with van der Waals surface area (Å²) in [4.78, 5) is 4.81. The van der Waals surface area contributed by atoms with Crippen LogP contribution < -0.4 is 0 Å². The molecule has 0 saturated heterocycles. The van der Waals surface area contributed by atoms with E-state index >= 15 is 0 Å². The highest BCUT2D eigenvalue weighted by Crippen LogP contribution is 2.36. The van der Waals surface area contributed by atoms with Crippen molar-refractivity contribution >= 4 is 21.6 Å². The van der Waals surface area contributed by atoms with Gasteiger partial charge in [-0.15, -0.1) is 0 Å². The molecule has 2 aromatic heterocycles. The Labute approximate surface area is 110 Å². The van der Waals surface area contributed by atoms with Crippen LogP contribution in [0.25, 0.3) is 5.65 Å². The summed E-state index contributed by atoms with van der Waals surface area (Å²) in [5, 5.41) is 0. The Hall–Kier alpha value is -0.830. The molecule has 1 aliphatic carbocycles. The van der Waals surface area contributed by atoms with Crippen LogP contribution in [0, 0.1) is 6.92 Å². The van der Waals surface area contributed by atoms with Crippen LogP contribution in [0.4, 0.5) is 0 Å². The average molecular weight is 293 g/mol. The number of aromatic nitrogens is 2. The second-order valence-corrected chi connectivity index (χ2v) is 5.81. The van der Waals surface area contributed by atoms with Crippen LogP contribution in [0.15, 0.2) is 22.9 Å². The highest BCUT2D eigenvalue weighted by atomic mass is 79.9. The van der Waals surface area contributed by atoms with Crippen LogP contribution in [0.1, 0.15) is 49.3 Å². The highest BCUT2D eigenvalue weighted by molar-refractivity contribution is 9.10. The molecule has 1 fully saturated rings. The minimum Gasteiger partial charge on any atom is -0.294 e. The first-order chi connectivity index (χ1) is 8.25. The van der Waals surface area contributed by atoms with Gasteiger partial charge in [-0.2, -0.15) is 0 Å². The van der Waals surface area contributed by atoms with E-state index in [0.717, 1.165) is 10.3 Å². The monoisotopic (exact) mass is 292 g/mol. The molecular weight excluding hydrogens is 276 g/mol. The topological polar surface area (TPSA) is 17.3 Å². The molecule has 0 spiro atoms. The molecule has 1 saturated carbocycles. The van der Waals surface area contributed by atoms with Crippen molar-refractivity contribution in [3.63, 3.8) is 0 Å². The maximum Gasteiger partial charge on any atom is 0.138 e. The molecule has 3 rings (SSSR count). The molecular formula is C14H17BrN2. The average Bonchev–Trinajstić information content (AvgIpc) is 2.67. The van der Waals surface area contributed by atoms with Gasteiger partial charge in [-0.3, -0.25) is 4.40 Å². The number of imidazole rings is 1. The first-order valence-electron chi connectivity index (χ1n) is 6.40. The third-order valence-electron chi connectivity index (χ3n) is 3.74. The van der Waals surface area contributed by atoms with Crippen LogP contribution in [-0.2, 0) is 0 Å². The minimum atomic E-state index is 0.651. The molecule has 17 heavy (non-hydrogen) atoms. The van der Waals surface area contributed by atoms with Crippen LogP contribution in [0.5, 0.6) is 0 Å². The Morgan fingerprint density at radius 1 is 1.29 bits per heavy atom. The van der Waals surface area contributed by atoms with E-state index in [1.807, 2.05) is 0 Å². The van der Waals surface area contributed by atoms with Gasteiger partial charge in [-0.1, -0.05) is 19.3 Å². The Morgan fingerprint density at radius 2 is 2.06 bits per heavy atom. The van der Waals surface area contributed by atoms with E-state index in [1.165, 1.54) is 43.4 Å². The molecule has 2 nitrogen and oxygen atoms in total. The summed E-state index contributed by atoms with van der Waals surface area (Å²) in [7, 11) is 0. The van der Waals surface area contributed by atoms with E-state index < -0.39 is 0 Å². The summed E-state index contributed by atoms with van der Waals surface area (Å²) < 4.78 is 3.30. The lowest BCUT2D eigenvalue weighted by molar-refractivity contribution is 0.436. The van der Waals surface area contributed by atoms with Gasteiger partial charge in [0.05, 0.1) is 5.69 Å². The van der Waals surface area contributed by atoms with Crippen LogP contribution >= 0.6 is 15.9 Å². The number of fused-ring (bicyclic) bond motifs is 1. The lowest BCUT2D eigenvalue weighted by Crippen LogP contribution is -2.05. The quantitative estimate of drug-likeness (QED) is 0.759. The zero-order chi connectivity index (χ0) is 11.8. The van der Waals surface area contributed by atoms with Gasteiger partial charge in [-0.25, -0.2) is 4.98 Å². The Bertz CT molecular complexity index is 538. The Morgan fingerprint density at radius 3 is 2.82 bits per heavy atom. The largest absolute Gasteiger partial charge is 0.294 e. The lowest BCUT2D eigenvalue weighted by atomic mass is 9.87. The van der Waals surface area contributed by atoms with Crippen molar-refractivity contribution in [1.82, 2.24) is 9.38 Å². The van der Waals surface area contributed by atoms with Gasteiger partial charge in [0.2, 0.25) is 0 Å². The third kappa shape index (κ3) is 2.01. The van der Waals surface area contributed by atoms with E-state index in [4.69, 9.17) is 4.98 Å². The summed E-state index contributed by atoms with van der Waals surface area (Å²) in [5.41, 5.74) is 3.60. The van der Waals surface area contributed by atoms with E-state index in [-0.39, 0.29) is 0 Å². The number of hydrogen-bond donors (Lipinski definition) is 0. The van der Waals surface area contributed by atoms with Crippen molar-refractivity contribution in [2.75, 3.05) is 0 Å². The number of halogens is 1. The molecule has 2 aromatic rings. The highest BCUT2D eigenvalue weighted by Gasteiger charge is 2.21. The summed E-state index contributed by atoms with van der Waals surface area (Å²) in [6.45, 7) is 2.11. The fourth-order valence-corrected chi connectivity index (χ4v) is 3.48. The van der Waals surface area contributed by atoms with E-state index in [0.29, 0.717) is 5.92 Å². The van der Waals surface area contributed by atoms with E-state index in [2.05, 4.69) is 45.6 Å². The standard InChI is InChI=1S/C14H17BrN2/c1-10-7-8-17-12(9-10)16-13(14(17)15)11-5-3-2-4-6-11/h7-9,11H,2-6H2,1H3. The molecule has 0 bridgehead atoms. The van der Waals surface area contributed by atoms with Crippen LogP contribution in [0.3, 0.4) is 0 Å². The second kappa shape index (κ2) is 4.45. The van der Waals surface area contributed by atoms with Gasteiger partial charge < -0.3 is 0 Å². The Balaban J connectivity index is 2.07. The molecule has 0 amide bonds. The molecule has 3 heteroatoms. The van der Waals surface area contributed by atoms with Crippen molar-refractivity contribution in [2.45, 2.75) is 44.9 Å². The van der Waals surface area contributed by atoms with Gasteiger partial charge in [0.15, 0.2) is 0 Å². The maximum absolute atomic E-state index is 4.81. The van der Waals surface area contributed by atoms with Gasteiger partial charge in [0.25, 0.3) is 0 Å². The second-order valence-electron chi connectivity index (χ2n) is 5.06. The van der Waals surface area contributed by atoms with Crippen molar-refractivity contribution < 1.29 is 0 Å². The van der Waals surface area contributed by atoms with Crippen molar-refractivity contribution in [2.24, 2.45) is 0 Å².